The normalized spacial score (nSPS) is 15.9. The third-order valence-electron chi connectivity index (χ3n) is 3.14. The maximum atomic E-state index is 11.6. The first-order chi connectivity index (χ1) is 8.66. The summed E-state index contributed by atoms with van der Waals surface area (Å²) in [4.78, 5) is 11.6. The Morgan fingerprint density at radius 1 is 1.47 bits per heavy atom. The van der Waals surface area contributed by atoms with Crippen molar-refractivity contribution >= 4 is 18.3 Å². The van der Waals surface area contributed by atoms with Gasteiger partial charge in [0.15, 0.2) is 0 Å². The summed E-state index contributed by atoms with van der Waals surface area (Å²) in [5.41, 5.74) is 1.11. The van der Waals surface area contributed by atoms with Gasteiger partial charge in [0, 0.05) is 13.1 Å². The van der Waals surface area contributed by atoms with Crippen LogP contribution < -0.4 is 15.4 Å². The predicted molar refractivity (Wildman–Crippen MR) is 77.9 cm³/mol. The van der Waals surface area contributed by atoms with Crippen LogP contribution in [0.25, 0.3) is 0 Å². The highest BCUT2D eigenvalue weighted by molar-refractivity contribution is 5.85. The summed E-state index contributed by atoms with van der Waals surface area (Å²) in [6, 6.07) is 7.90. The molecule has 1 aliphatic heterocycles. The van der Waals surface area contributed by atoms with Gasteiger partial charge in [-0.3, -0.25) is 4.79 Å². The topological polar surface area (TPSA) is 50.4 Å². The molecule has 2 rings (SSSR count). The lowest BCUT2D eigenvalue weighted by Crippen LogP contribution is -2.51. The number of benzene rings is 1. The van der Waals surface area contributed by atoms with Crippen molar-refractivity contribution in [3.8, 4) is 5.75 Å². The summed E-state index contributed by atoms with van der Waals surface area (Å²) in [6.45, 7) is 6.10. The largest absolute Gasteiger partial charge is 0.489 e. The summed E-state index contributed by atoms with van der Waals surface area (Å²) in [6.07, 6.45) is -0.0249. The zero-order valence-electron chi connectivity index (χ0n) is 11.3. The average Bonchev–Trinajstić information content (AvgIpc) is 2.27. The van der Waals surface area contributed by atoms with E-state index in [1.165, 1.54) is 0 Å². The maximum Gasteiger partial charge on any atom is 0.225 e. The van der Waals surface area contributed by atoms with Gasteiger partial charge in [0.25, 0.3) is 0 Å². The van der Waals surface area contributed by atoms with Crippen molar-refractivity contribution in [1.82, 2.24) is 10.6 Å². The van der Waals surface area contributed by atoms with E-state index in [2.05, 4.69) is 10.6 Å². The Balaban J connectivity index is 0.00000180. The van der Waals surface area contributed by atoms with Crippen LogP contribution in [-0.4, -0.2) is 31.6 Å². The molecule has 4 nitrogen and oxygen atoms in total. The van der Waals surface area contributed by atoms with Crippen molar-refractivity contribution in [2.24, 2.45) is 5.92 Å². The molecule has 0 spiro atoms. The molecule has 0 radical (unpaired) electrons. The van der Waals surface area contributed by atoms with Gasteiger partial charge in [0.2, 0.25) is 5.91 Å². The molecule has 1 heterocycles. The molecule has 5 heteroatoms. The molecule has 2 N–H and O–H groups in total. The molecule has 0 saturated carbocycles. The number of hydrogen-bond acceptors (Lipinski definition) is 3. The summed E-state index contributed by atoms with van der Waals surface area (Å²) >= 11 is 0. The summed E-state index contributed by atoms with van der Waals surface area (Å²) in [5.74, 6) is 1.13. The molecule has 0 aliphatic carbocycles. The van der Waals surface area contributed by atoms with Gasteiger partial charge in [-0.1, -0.05) is 18.2 Å². The molecular weight excluding hydrogens is 264 g/mol. The maximum absolute atomic E-state index is 11.6. The van der Waals surface area contributed by atoms with Crippen molar-refractivity contribution in [1.29, 1.82) is 0 Å². The fourth-order valence-electron chi connectivity index (χ4n) is 1.81. The minimum absolute atomic E-state index is 0. The van der Waals surface area contributed by atoms with Gasteiger partial charge in [0.1, 0.15) is 11.9 Å². The fraction of sp³-hybridized carbons (Fsp3) is 0.500. The predicted octanol–water partition coefficient (Wildman–Crippen LogP) is 1.52. The molecule has 1 unspecified atom stereocenters. The summed E-state index contributed by atoms with van der Waals surface area (Å²) in [7, 11) is 0. The highest BCUT2D eigenvalue weighted by Crippen LogP contribution is 2.17. The molecule has 1 saturated heterocycles. The minimum Gasteiger partial charge on any atom is -0.489 e. The lowest BCUT2D eigenvalue weighted by molar-refractivity contribution is -0.126. The number of ether oxygens (including phenoxy) is 1. The summed E-state index contributed by atoms with van der Waals surface area (Å²) in [5, 5.41) is 6.01. The van der Waals surface area contributed by atoms with E-state index in [0.29, 0.717) is 6.54 Å². The quantitative estimate of drug-likeness (QED) is 0.862. The van der Waals surface area contributed by atoms with E-state index in [9.17, 15) is 4.79 Å². The molecule has 19 heavy (non-hydrogen) atoms. The van der Waals surface area contributed by atoms with Crippen LogP contribution >= 0.6 is 12.4 Å². The van der Waals surface area contributed by atoms with E-state index >= 15 is 0 Å². The Kier molecular flexibility index (Phi) is 6.12. The van der Waals surface area contributed by atoms with Gasteiger partial charge in [0.05, 0.1) is 12.5 Å². The van der Waals surface area contributed by atoms with Gasteiger partial charge >= 0.3 is 0 Å². The molecule has 1 atom stereocenters. The molecule has 1 aromatic rings. The van der Waals surface area contributed by atoms with E-state index < -0.39 is 0 Å². The van der Waals surface area contributed by atoms with Crippen molar-refractivity contribution in [2.75, 3.05) is 19.6 Å². The average molecular weight is 285 g/mol. The second-order valence-corrected chi connectivity index (χ2v) is 4.79. The molecule has 1 amide bonds. The second-order valence-electron chi connectivity index (χ2n) is 4.79. The van der Waals surface area contributed by atoms with Crippen LogP contribution in [0.3, 0.4) is 0 Å². The van der Waals surface area contributed by atoms with Gasteiger partial charge in [-0.2, -0.15) is 0 Å². The lowest BCUT2D eigenvalue weighted by Gasteiger charge is -2.26. The lowest BCUT2D eigenvalue weighted by atomic mass is 10.0. The highest BCUT2D eigenvalue weighted by Gasteiger charge is 2.24. The minimum atomic E-state index is -0.0249. The van der Waals surface area contributed by atoms with Crippen molar-refractivity contribution < 1.29 is 9.53 Å². The molecule has 106 valence electrons. The van der Waals surface area contributed by atoms with Crippen molar-refractivity contribution in [2.45, 2.75) is 20.0 Å². The van der Waals surface area contributed by atoms with Gasteiger partial charge in [-0.25, -0.2) is 0 Å². The van der Waals surface area contributed by atoms with E-state index in [1.54, 1.807) is 0 Å². The first-order valence-electron chi connectivity index (χ1n) is 6.37. The molecule has 1 aromatic carbocycles. The van der Waals surface area contributed by atoms with Crippen LogP contribution in [0.4, 0.5) is 0 Å². The third kappa shape index (κ3) is 4.40. The van der Waals surface area contributed by atoms with E-state index in [0.717, 1.165) is 24.4 Å². The monoisotopic (exact) mass is 284 g/mol. The zero-order valence-corrected chi connectivity index (χ0v) is 12.1. The van der Waals surface area contributed by atoms with Gasteiger partial charge < -0.3 is 15.4 Å². The molecule has 0 aromatic heterocycles. The highest BCUT2D eigenvalue weighted by atomic mass is 35.5. The van der Waals surface area contributed by atoms with Crippen LogP contribution in [0.5, 0.6) is 5.75 Å². The van der Waals surface area contributed by atoms with E-state index in [4.69, 9.17) is 4.74 Å². The Morgan fingerprint density at radius 3 is 2.74 bits per heavy atom. The van der Waals surface area contributed by atoms with Crippen LogP contribution in [0.15, 0.2) is 24.3 Å². The first-order valence-corrected chi connectivity index (χ1v) is 6.37. The smallest absolute Gasteiger partial charge is 0.225 e. The third-order valence-corrected chi connectivity index (χ3v) is 3.14. The van der Waals surface area contributed by atoms with Gasteiger partial charge in [-0.05, 0) is 25.5 Å². The number of amides is 1. The molecule has 1 aliphatic rings. The van der Waals surface area contributed by atoms with Crippen LogP contribution in [0.2, 0.25) is 0 Å². The number of rotatable bonds is 5. The number of para-hydroxylation sites is 1. The van der Waals surface area contributed by atoms with Crippen molar-refractivity contribution in [3.63, 3.8) is 0 Å². The second kappa shape index (κ2) is 7.36. The molecular formula is C14H21ClN2O2. The number of carbonyl (C=O) groups is 1. The molecule has 0 bridgehead atoms. The standard InChI is InChI=1S/C14H20N2O2.ClH/c1-10-5-3-4-6-13(10)18-11(2)7-16-14(17)12-8-15-9-12;/h3-6,11-12,15H,7-9H2,1-2H3,(H,16,17);1H. The molecule has 1 fully saturated rings. The fourth-order valence-corrected chi connectivity index (χ4v) is 1.81. The van der Waals surface area contributed by atoms with Crippen LogP contribution in [0.1, 0.15) is 12.5 Å². The van der Waals surface area contributed by atoms with Gasteiger partial charge in [-0.15, -0.1) is 12.4 Å². The van der Waals surface area contributed by atoms with Crippen LogP contribution in [-0.2, 0) is 4.79 Å². The Bertz CT molecular complexity index is 422. The van der Waals surface area contributed by atoms with Crippen LogP contribution in [0, 0.1) is 12.8 Å². The number of halogens is 1. The van der Waals surface area contributed by atoms with E-state index in [-0.39, 0.29) is 30.3 Å². The van der Waals surface area contributed by atoms with E-state index in [1.807, 2.05) is 38.1 Å². The number of carbonyl (C=O) groups excluding carboxylic acids is 1. The number of hydrogen-bond donors (Lipinski definition) is 2. The summed E-state index contributed by atoms with van der Waals surface area (Å²) < 4.78 is 5.80. The Labute approximate surface area is 120 Å². The zero-order chi connectivity index (χ0) is 13.0. The van der Waals surface area contributed by atoms with Crippen molar-refractivity contribution in [3.05, 3.63) is 29.8 Å². The number of nitrogens with one attached hydrogen (secondary N) is 2. The Morgan fingerprint density at radius 2 is 2.16 bits per heavy atom. The SMILES string of the molecule is Cc1ccccc1OC(C)CNC(=O)C1CNC1.Cl. The number of aryl methyl sites for hydroxylation is 1. The first kappa shape index (κ1) is 15.8. The Hall–Kier alpha value is -1.26.